The van der Waals surface area contributed by atoms with E-state index in [0.717, 1.165) is 18.2 Å². The summed E-state index contributed by atoms with van der Waals surface area (Å²) in [5.74, 6) is -0.756. The number of hydrogen-bond donors (Lipinski definition) is 1. The zero-order valence-corrected chi connectivity index (χ0v) is 16.7. The number of rotatable bonds is 4. The Morgan fingerprint density at radius 3 is 2.59 bits per heavy atom. The van der Waals surface area contributed by atoms with E-state index in [9.17, 15) is 21.2 Å². The lowest BCUT2D eigenvalue weighted by Crippen LogP contribution is -2.24. The van der Waals surface area contributed by atoms with Crippen molar-refractivity contribution >= 4 is 19.9 Å². The molecule has 10 heteroatoms. The van der Waals surface area contributed by atoms with Crippen LogP contribution in [0.25, 0.3) is 0 Å². The number of ether oxygens (including phenoxy) is 1. The van der Waals surface area contributed by atoms with Gasteiger partial charge in [-0.1, -0.05) is 6.07 Å². The molecule has 29 heavy (non-hydrogen) atoms. The van der Waals surface area contributed by atoms with E-state index in [4.69, 9.17) is 4.74 Å². The van der Waals surface area contributed by atoms with Crippen molar-refractivity contribution in [2.45, 2.75) is 28.2 Å². The zero-order chi connectivity index (χ0) is 20.8. The molecular weight excluding hydrogens is 419 g/mol. The van der Waals surface area contributed by atoms with Gasteiger partial charge in [0.15, 0.2) is 0 Å². The van der Waals surface area contributed by atoms with Crippen molar-refractivity contribution in [2.24, 2.45) is 0 Å². The molecule has 0 amide bonds. The lowest BCUT2D eigenvalue weighted by molar-refractivity contribution is 0.438. The molecule has 0 saturated heterocycles. The highest BCUT2D eigenvalue weighted by molar-refractivity contribution is 7.92. The summed E-state index contributed by atoms with van der Waals surface area (Å²) < 4.78 is 73.1. The maximum atomic E-state index is 13.6. The van der Waals surface area contributed by atoms with Gasteiger partial charge in [0.2, 0.25) is 19.9 Å². The van der Waals surface area contributed by atoms with Crippen molar-refractivity contribution in [3.63, 3.8) is 0 Å². The minimum atomic E-state index is -4.16. The Morgan fingerprint density at radius 2 is 1.86 bits per heavy atom. The number of aryl methyl sites for hydroxylation is 1. The van der Waals surface area contributed by atoms with Crippen LogP contribution in [0.4, 0.5) is 4.39 Å². The van der Waals surface area contributed by atoms with Crippen LogP contribution in [0.15, 0.2) is 69.5 Å². The topological polar surface area (TPSA) is 102 Å². The van der Waals surface area contributed by atoms with E-state index in [1.165, 1.54) is 25.3 Å². The van der Waals surface area contributed by atoms with Gasteiger partial charge in [0.05, 0.1) is 4.90 Å². The number of benzene rings is 2. The highest BCUT2D eigenvalue weighted by Crippen LogP contribution is 2.44. The van der Waals surface area contributed by atoms with Gasteiger partial charge in [0.1, 0.15) is 27.1 Å². The van der Waals surface area contributed by atoms with E-state index in [2.05, 4.69) is 9.71 Å². The number of fused-ring (bicyclic) bond motifs is 2. The molecule has 150 valence electrons. The van der Waals surface area contributed by atoms with E-state index in [1.807, 2.05) is 0 Å². The van der Waals surface area contributed by atoms with Gasteiger partial charge in [-0.05, 0) is 54.4 Å². The van der Waals surface area contributed by atoms with Gasteiger partial charge in [0.25, 0.3) is 0 Å². The fraction of sp³-hybridized carbons (Fsp3) is 0.105. The van der Waals surface area contributed by atoms with Gasteiger partial charge in [-0.2, -0.15) is 0 Å². The van der Waals surface area contributed by atoms with Crippen LogP contribution >= 0.6 is 0 Å². The predicted molar refractivity (Wildman–Crippen MR) is 101 cm³/mol. The summed E-state index contributed by atoms with van der Waals surface area (Å²) in [7, 11) is -8.19. The molecule has 2 aromatic carbocycles. The average molecular weight is 434 g/mol. The summed E-state index contributed by atoms with van der Waals surface area (Å²) >= 11 is 0. The molecule has 1 N–H and O–H groups in total. The normalized spacial score (nSPS) is 14.6. The number of aromatic nitrogens is 1. The fourth-order valence-corrected chi connectivity index (χ4v) is 5.85. The van der Waals surface area contributed by atoms with Crippen molar-refractivity contribution in [1.82, 2.24) is 9.71 Å². The summed E-state index contributed by atoms with van der Waals surface area (Å²) in [6, 6.07) is 8.93. The number of nitrogens with one attached hydrogen (secondary N) is 1. The van der Waals surface area contributed by atoms with E-state index in [-0.39, 0.29) is 32.7 Å². The zero-order valence-electron chi connectivity index (χ0n) is 15.1. The second kappa shape index (κ2) is 6.90. The van der Waals surface area contributed by atoms with Crippen molar-refractivity contribution < 1.29 is 26.0 Å². The quantitative estimate of drug-likeness (QED) is 0.530. The van der Waals surface area contributed by atoms with Gasteiger partial charge in [0, 0.05) is 18.9 Å². The SMILES string of the molecule is Cc1cc2c(cc1S(=O)(=O)NCc1cccnc1)S(=O)(=O)c1cc(F)ccc1O2. The summed E-state index contributed by atoms with van der Waals surface area (Å²) in [5.41, 5.74) is 0.954. The van der Waals surface area contributed by atoms with E-state index >= 15 is 0 Å². The van der Waals surface area contributed by atoms with Gasteiger partial charge in [-0.25, -0.2) is 25.9 Å². The molecule has 0 fully saturated rings. The van der Waals surface area contributed by atoms with Crippen molar-refractivity contribution in [2.75, 3.05) is 0 Å². The molecule has 0 aliphatic carbocycles. The summed E-state index contributed by atoms with van der Waals surface area (Å²) in [6.45, 7) is 1.53. The van der Waals surface area contributed by atoms with Crippen LogP contribution in [-0.4, -0.2) is 21.8 Å². The first kappa shape index (κ1) is 19.5. The van der Waals surface area contributed by atoms with Crippen molar-refractivity contribution in [1.29, 1.82) is 0 Å². The molecule has 3 aromatic rings. The second-order valence-corrected chi connectivity index (χ2v) is 10.1. The number of pyridine rings is 1. The molecule has 0 spiro atoms. The van der Waals surface area contributed by atoms with Crippen molar-refractivity contribution in [3.05, 3.63) is 71.8 Å². The largest absolute Gasteiger partial charge is 0.455 e. The molecule has 0 bridgehead atoms. The van der Waals surface area contributed by atoms with Crippen LogP contribution in [0.2, 0.25) is 0 Å². The monoisotopic (exact) mass is 434 g/mol. The molecule has 0 atom stereocenters. The Hall–Kier alpha value is -2.82. The third-order valence-electron chi connectivity index (χ3n) is 4.42. The van der Waals surface area contributed by atoms with Crippen LogP contribution < -0.4 is 9.46 Å². The Balaban J connectivity index is 1.76. The Morgan fingerprint density at radius 1 is 1.10 bits per heavy atom. The molecule has 7 nitrogen and oxygen atoms in total. The molecule has 0 unspecified atom stereocenters. The molecular formula is C19H15FN2O5S2. The third-order valence-corrected chi connectivity index (χ3v) is 7.76. The standard InChI is InChI=1S/C19H15FN2O5S2/c1-12-7-16-19(28(23,24)18-8-14(20)4-5-15(18)27-16)9-17(12)29(25,26)22-11-13-3-2-6-21-10-13/h2-10,22H,11H2,1H3. The smallest absolute Gasteiger partial charge is 0.241 e. The maximum absolute atomic E-state index is 13.6. The molecule has 0 saturated carbocycles. The van der Waals surface area contributed by atoms with Crippen LogP contribution in [0.3, 0.4) is 0 Å². The summed E-state index contributed by atoms with van der Waals surface area (Å²) in [6.07, 6.45) is 3.09. The Labute approximate surface area is 167 Å². The second-order valence-electron chi connectivity index (χ2n) is 6.45. The maximum Gasteiger partial charge on any atom is 0.241 e. The van der Waals surface area contributed by atoms with Gasteiger partial charge in [-0.15, -0.1) is 0 Å². The molecule has 0 radical (unpaired) electrons. The first-order valence-electron chi connectivity index (χ1n) is 8.44. The first-order valence-corrected chi connectivity index (χ1v) is 11.4. The number of halogens is 1. The fourth-order valence-electron chi connectivity index (χ4n) is 2.99. The summed E-state index contributed by atoms with van der Waals surface area (Å²) in [4.78, 5) is 3.04. The summed E-state index contributed by atoms with van der Waals surface area (Å²) in [5, 5.41) is 0. The van der Waals surface area contributed by atoms with Crippen LogP contribution in [-0.2, 0) is 26.4 Å². The molecule has 4 rings (SSSR count). The predicted octanol–water partition coefficient (Wildman–Crippen LogP) is 2.95. The van der Waals surface area contributed by atoms with Crippen molar-refractivity contribution in [3.8, 4) is 11.5 Å². The van der Waals surface area contributed by atoms with Crippen LogP contribution in [0.1, 0.15) is 11.1 Å². The number of hydrogen-bond acceptors (Lipinski definition) is 6. The highest BCUT2D eigenvalue weighted by Gasteiger charge is 2.34. The third kappa shape index (κ3) is 3.50. The lowest BCUT2D eigenvalue weighted by atomic mass is 10.2. The Kier molecular flexibility index (Phi) is 4.64. The van der Waals surface area contributed by atoms with Gasteiger partial charge in [-0.3, -0.25) is 4.98 Å². The molecule has 1 aliphatic heterocycles. The molecule has 2 heterocycles. The minimum Gasteiger partial charge on any atom is -0.455 e. The lowest BCUT2D eigenvalue weighted by Gasteiger charge is -2.22. The molecule has 1 aliphatic rings. The number of sulfonamides is 1. The van der Waals surface area contributed by atoms with E-state index in [0.29, 0.717) is 11.1 Å². The minimum absolute atomic E-state index is 0.00665. The average Bonchev–Trinajstić information content (AvgIpc) is 2.67. The Bertz CT molecular complexity index is 1320. The van der Waals surface area contributed by atoms with E-state index in [1.54, 1.807) is 18.3 Å². The molecule has 1 aromatic heterocycles. The number of sulfone groups is 1. The first-order chi connectivity index (χ1) is 13.7. The van der Waals surface area contributed by atoms with Crippen LogP contribution in [0, 0.1) is 12.7 Å². The van der Waals surface area contributed by atoms with E-state index < -0.39 is 25.7 Å². The number of nitrogens with zero attached hydrogens (tertiary/aromatic N) is 1. The van der Waals surface area contributed by atoms with Crippen LogP contribution in [0.5, 0.6) is 11.5 Å². The highest BCUT2D eigenvalue weighted by atomic mass is 32.2. The van der Waals surface area contributed by atoms with Gasteiger partial charge < -0.3 is 4.74 Å². The van der Waals surface area contributed by atoms with Gasteiger partial charge >= 0.3 is 0 Å².